The Labute approximate surface area is 197 Å². The number of anilines is 2. The lowest BCUT2D eigenvalue weighted by Crippen LogP contribution is -2.20. The number of pyridine rings is 1. The average molecular weight is 449 g/mol. The molecule has 7 nitrogen and oxygen atoms in total. The maximum atomic E-state index is 12.6. The van der Waals surface area contributed by atoms with E-state index in [1.54, 1.807) is 12.4 Å². The van der Waals surface area contributed by atoms with Gasteiger partial charge in [-0.05, 0) is 60.9 Å². The molecule has 3 heterocycles. The van der Waals surface area contributed by atoms with Crippen molar-refractivity contribution in [3.63, 3.8) is 0 Å². The summed E-state index contributed by atoms with van der Waals surface area (Å²) in [6.07, 6.45) is 4.35. The number of benzene rings is 2. The van der Waals surface area contributed by atoms with Gasteiger partial charge in [0.25, 0.3) is 0 Å². The monoisotopic (exact) mass is 448 g/mol. The van der Waals surface area contributed by atoms with Crippen molar-refractivity contribution < 1.29 is 4.79 Å². The van der Waals surface area contributed by atoms with Crippen LogP contribution in [0.25, 0.3) is 28.2 Å². The first kappa shape index (κ1) is 21.3. The van der Waals surface area contributed by atoms with E-state index >= 15 is 0 Å². The molecular weight excluding hydrogens is 424 g/mol. The minimum atomic E-state index is -0.355. The Bertz CT molecular complexity index is 1490. The summed E-state index contributed by atoms with van der Waals surface area (Å²) in [5, 5.41) is 10.2. The number of nitrogens with one attached hydrogen (secondary N) is 2. The number of imidazole rings is 1. The standard InChI is InChI=1S/C27H24N6O/c1-3-19-9-6-10-20(16-19)25-26(33-24(32-25)12-7-14-29-33)21-13-15-28-23(17-21)31-27(34)30-22-11-5-4-8-18(22)2/h4-17H,3H2,1-2H3,(H2,28,30,31,34). The van der Waals surface area contributed by atoms with E-state index in [1.165, 1.54) is 5.56 Å². The molecule has 0 saturated heterocycles. The van der Waals surface area contributed by atoms with Gasteiger partial charge in [0.05, 0.1) is 5.69 Å². The molecule has 0 aliphatic rings. The molecule has 2 N–H and O–H groups in total. The fraction of sp³-hybridized carbons (Fsp3) is 0.111. The number of nitrogens with zero attached hydrogens (tertiary/aromatic N) is 4. The van der Waals surface area contributed by atoms with Crippen LogP contribution in [-0.2, 0) is 6.42 Å². The number of amides is 2. The molecule has 168 valence electrons. The van der Waals surface area contributed by atoms with Gasteiger partial charge in [0.15, 0.2) is 5.65 Å². The average Bonchev–Trinajstić information content (AvgIpc) is 3.25. The number of para-hydroxylation sites is 1. The van der Waals surface area contributed by atoms with Crippen LogP contribution in [0.15, 0.2) is 85.2 Å². The first-order valence-electron chi connectivity index (χ1n) is 11.2. The Morgan fingerprint density at radius 3 is 2.65 bits per heavy atom. The molecule has 34 heavy (non-hydrogen) atoms. The second-order valence-corrected chi connectivity index (χ2v) is 7.98. The predicted octanol–water partition coefficient (Wildman–Crippen LogP) is 5.97. The molecule has 5 aromatic rings. The molecule has 5 rings (SSSR count). The minimum absolute atomic E-state index is 0.355. The van der Waals surface area contributed by atoms with Gasteiger partial charge in [0, 0.05) is 29.2 Å². The van der Waals surface area contributed by atoms with Crippen LogP contribution in [-0.4, -0.2) is 25.6 Å². The molecule has 2 aromatic carbocycles. The van der Waals surface area contributed by atoms with Crippen molar-refractivity contribution in [1.82, 2.24) is 19.6 Å². The van der Waals surface area contributed by atoms with Gasteiger partial charge < -0.3 is 5.32 Å². The van der Waals surface area contributed by atoms with Gasteiger partial charge in [-0.3, -0.25) is 5.32 Å². The summed E-state index contributed by atoms with van der Waals surface area (Å²) in [6, 6.07) is 23.2. The van der Waals surface area contributed by atoms with Crippen molar-refractivity contribution in [2.45, 2.75) is 20.3 Å². The molecule has 3 aromatic heterocycles. The highest BCUT2D eigenvalue weighted by Gasteiger charge is 2.18. The van der Waals surface area contributed by atoms with Crippen LogP contribution in [0.4, 0.5) is 16.3 Å². The lowest BCUT2D eigenvalue weighted by Gasteiger charge is -2.11. The highest BCUT2D eigenvalue weighted by Crippen LogP contribution is 2.33. The first-order valence-corrected chi connectivity index (χ1v) is 11.2. The van der Waals surface area contributed by atoms with E-state index in [0.29, 0.717) is 5.82 Å². The van der Waals surface area contributed by atoms with Gasteiger partial charge >= 0.3 is 6.03 Å². The summed E-state index contributed by atoms with van der Waals surface area (Å²) in [5.41, 5.74) is 7.25. The molecule has 0 saturated carbocycles. The lowest BCUT2D eigenvalue weighted by molar-refractivity contribution is 0.262. The maximum Gasteiger partial charge on any atom is 0.324 e. The predicted molar refractivity (Wildman–Crippen MR) is 135 cm³/mol. The lowest BCUT2D eigenvalue weighted by atomic mass is 10.0. The third-order valence-corrected chi connectivity index (χ3v) is 5.67. The summed E-state index contributed by atoms with van der Waals surface area (Å²) in [6.45, 7) is 4.08. The van der Waals surface area contributed by atoms with Crippen molar-refractivity contribution in [2.24, 2.45) is 0 Å². The zero-order chi connectivity index (χ0) is 23.5. The van der Waals surface area contributed by atoms with Gasteiger partial charge in [-0.15, -0.1) is 0 Å². The van der Waals surface area contributed by atoms with Gasteiger partial charge in [0.2, 0.25) is 0 Å². The largest absolute Gasteiger partial charge is 0.324 e. The molecule has 0 radical (unpaired) electrons. The Morgan fingerprint density at radius 1 is 0.912 bits per heavy atom. The highest BCUT2D eigenvalue weighted by molar-refractivity contribution is 6.00. The summed E-state index contributed by atoms with van der Waals surface area (Å²) < 4.78 is 1.82. The van der Waals surface area contributed by atoms with E-state index in [4.69, 9.17) is 4.98 Å². The number of aryl methyl sites for hydroxylation is 2. The van der Waals surface area contributed by atoms with Crippen LogP contribution in [0.1, 0.15) is 18.1 Å². The van der Waals surface area contributed by atoms with Gasteiger partial charge in [0.1, 0.15) is 11.5 Å². The Morgan fingerprint density at radius 2 is 1.79 bits per heavy atom. The molecule has 0 aliphatic heterocycles. The van der Waals surface area contributed by atoms with E-state index in [2.05, 4.69) is 45.8 Å². The Balaban J connectivity index is 1.52. The molecule has 0 bridgehead atoms. The van der Waals surface area contributed by atoms with Crippen molar-refractivity contribution in [1.29, 1.82) is 0 Å². The van der Waals surface area contributed by atoms with Crippen LogP contribution >= 0.6 is 0 Å². The SMILES string of the molecule is CCc1cccc(-c2nc3cccnn3c2-c2ccnc(NC(=O)Nc3ccccc3C)c2)c1. The van der Waals surface area contributed by atoms with E-state index < -0.39 is 0 Å². The number of hydrogen-bond acceptors (Lipinski definition) is 4. The van der Waals surface area contributed by atoms with E-state index in [9.17, 15) is 4.79 Å². The van der Waals surface area contributed by atoms with E-state index in [0.717, 1.165) is 45.8 Å². The molecule has 0 atom stereocenters. The van der Waals surface area contributed by atoms with Crippen LogP contribution in [0.3, 0.4) is 0 Å². The third-order valence-electron chi connectivity index (χ3n) is 5.67. The first-order chi connectivity index (χ1) is 16.6. The maximum absolute atomic E-state index is 12.6. The molecule has 7 heteroatoms. The van der Waals surface area contributed by atoms with Crippen LogP contribution in [0, 0.1) is 6.92 Å². The molecular formula is C27H24N6O. The normalized spacial score (nSPS) is 10.9. The third kappa shape index (κ3) is 4.23. The Kier molecular flexibility index (Phi) is 5.74. The topological polar surface area (TPSA) is 84.2 Å². The number of hydrogen-bond donors (Lipinski definition) is 2. The quantitative estimate of drug-likeness (QED) is 0.347. The van der Waals surface area contributed by atoms with Gasteiger partial charge in [-0.1, -0.05) is 43.3 Å². The van der Waals surface area contributed by atoms with Crippen molar-refractivity contribution in [2.75, 3.05) is 10.6 Å². The number of fused-ring (bicyclic) bond motifs is 1. The Hall–Kier alpha value is -4.52. The van der Waals surface area contributed by atoms with Crippen molar-refractivity contribution >= 4 is 23.2 Å². The van der Waals surface area contributed by atoms with Crippen LogP contribution in [0.5, 0.6) is 0 Å². The van der Waals surface area contributed by atoms with Crippen molar-refractivity contribution in [3.8, 4) is 22.5 Å². The molecule has 2 amide bonds. The summed E-state index contributed by atoms with van der Waals surface area (Å²) in [5.74, 6) is 0.433. The fourth-order valence-electron chi connectivity index (χ4n) is 3.92. The minimum Gasteiger partial charge on any atom is -0.307 e. The zero-order valence-corrected chi connectivity index (χ0v) is 19.0. The van der Waals surface area contributed by atoms with Crippen LogP contribution < -0.4 is 10.6 Å². The zero-order valence-electron chi connectivity index (χ0n) is 19.0. The number of carbonyl (C=O) groups is 1. The smallest absolute Gasteiger partial charge is 0.307 e. The highest BCUT2D eigenvalue weighted by atomic mass is 16.2. The second-order valence-electron chi connectivity index (χ2n) is 7.98. The molecule has 0 spiro atoms. The number of carbonyl (C=O) groups excluding carboxylic acids is 1. The molecule has 0 aliphatic carbocycles. The summed E-state index contributed by atoms with van der Waals surface area (Å²) >= 11 is 0. The molecule has 0 unspecified atom stereocenters. The van der Waals surface area contributed by atoms with Crippen molar-refractivity contribution in [3.05, 3.63) is 96.3 Å². The van der Waals surface area contributed by atoms with Gasteiger partial charge in [-0.25, -0.2) is 19.3 Å². The van der Waals surface area contributed by atoms with E-state index in [-0.39, 0.29) is 6.03 Å². The summed E-state index contributed by atoms with van der Waals surface area (Å²) in [7, 11) is 0. The van der Waals surface area contributed by atoms with Gasteiger partial charge in [-0.2, -0.15) is 5.10 Å². The number of urea groups is 1. The molecule has 0 fully saturated rings. The fourth-order valence-corrected chi connectivity index (χ4v) is 3.92. The second kappa shape index (κ2) is 9.15. The van der Waals surface area contributed by atoms with E-state index in [1.807, 2.05) is 66.0 Å². The summed E-state index contributed by atoms with van der Waals surface area (Å²) in [4.78, 5) is 21.8. The number of aromatic nitrogens is 4. The number of rotatable bonds is 5. The van der Waals surface area contributed by atoms with Crippen LogP contribution in [0.2, 0.25) is 0 Å².